The summed E-state index contributed by atoms with van der Waals surface area (Å²) >= 11 is 0. The third-order valence-corrected chi connectivity index (χ3v) is 5.77. The molecule has 29 heavy (non-hydrogen) atoms. The zero-order chi connectivity index (χ0) is 20.4. The molecule has 0 aliphatic heterocycles. The number of benzene rings is 1. The van der Waals surface area contributed by atoms with Gasteiger partial charge in [-0.1, -0.05) is 44.2 Å². The van der Waals surface area contributed by atoms with Crippen LogP contribution in [0.1, 0.15) is 67.7 Å². The van der Waals surface area contributed by atoms with Gasteiger partial charge in [-0.3, -0.25) is 14.8 Å². The molecule has 0 saturated heterocycles. The first-order valence-corrected chi connectivity index (χ1v) is 10.2. The van der Waals surface area contributed by atoms with Crippen LogP contribution in [0.2, 0.25) is 0 Å². The van der Waals surface area contributed by atoms with Crippen molar-refractivity contribution in [3.63, 3.8) is 0 Å². The molecule has 1 aliphatic carbocycles. The summed E-state index contributed by atoms with van der Waals surface area (Å²) in [7, 11) is 0. The van der Waals surface area contributed by atoms with Crippen molar-refractivity contribution in [2.75, 3.05) is 0 Å². The fraction of sp³-hybridized carbons (Fsp3) is 0.320. The Morgan fingerprint density at radius 1 is 1.14 bits per heavy atom. The summed E-state index contributed by atoms with van der Waals surface area (Å²) in [5, 5.41) is 4.00. The second-order valence-corrected chi connectivity index (χ2v) is 8.65. The van der Waals surface area contributed by atoms with Crippen LogP contribution >= 0.6 is 0 Å². The van der Waals surface area contributed by atoms with Crippen LogP contribution in [0.4, 0.5) is 0 Å². The average molecular weight is 386 g/mol. The number of hydrogen-bond donors (Lipinski definition) is 1. The smallest absolute Gasteiger partial charge is 0.253 e. The van der Waals surface area contributed by atoms with Crippen LogP contribution in [0.5, 0.6) is 0 Å². The highest BCUT2D eigenvalue weighted by molar-refractivity contribution is 5.99. The van der Waals surface area contributed by atoms with Gasteiger partial charge in [0.1, 0.15) is 0 Å². The molecule has 1 unspecified atom stereocenters. The lowest BCUT2D eigenvalue weighted by molar-refractivity contribution is 0.0939. The highest BCUT2D eigenvalue weighted by Crippen LogP contribution is 2.39. The van der Waals surface area contributed by atoms with Crippen LogP contribution in [-0.4, -0.2) is 15.9 Å². The van der Waals surface area contributed by atoms with Gasteiger partial charge in [0, 0.05) is 23.3 Å². The number of aromatic nitrogens is 2. The van der Waals surface area contributed by atoms with Crippen molar-refractivity contribution >= 4 is 22.4 Å². The third kappa shape index (κ3) is 4.21. The summed E-state index contributed by atoms with van der Waals surface area (Å²) in [6.07, 6.45) is 9.11. The van der Waals surface area contributed by atoms with E-state index in [2.05, 4.69) is 47.3 Å². The van der Waals surface area contributed by atoms with E-state index in [4.69, 9.17) is 0 Å². The van der Waals surface area contributed by atoms with E-state index in [1.807, 2.05) is 37.3 Å². The van der Waals surface area contributed by atoms with Gasteiger partial charge in [0.05, 0.1) is 22.8 Å². The summed E-state index contributed by atoms with van der Waals surface area (Å²) in [4.78, 5) is 21.7. The zero-order valence-electron chi connectivity index (χ0n) is 17.3. The topological polar surface area (TPSA) is 54.9 Å². The van der Waals surface area contributed by atoms with E-state index in [9.17, 15) is 4.79 Å². The Bertz CT molecular complexity index is 1070. The number of pyridine rings is 2. The van der Waals surface area contributed by atoms with Gasteiger partial charge in [-0.2, -0.15) is 0 Å². The number of nitrogens with one attached hydrogen (secondary N) is 1. The minimum Gasteiger partial charge on any atom is -0.344 e. The summed E-state index contributed by atoms with van der Waals surface area (Å²) in [5.41, 5.74) is 5.29. The number of para-hydroxylation sites is 1. The van der Waals surface area contributed by atoms with Gasteiger partial charge in [-0.15, -0.1) is 0 Å². The van der Waals surface area contributed by atoms with E-state index < -0.39 is 0 Å². The summed E-state index contributed by atoms with van der Waals surface area (Å²) in [6, 6.07) is 13.7. The summed E-state index contributed by atoms with van der Waals surface area (Å²) < 4.78 is 0. The molecule has 0 saturated carbocycles. The molecule has 0 fully saturated rings. The van der Waals surface area contributed by atoms with Gasteiger partial charge < -0.3 is 5.32 Å². The number of rotatable bonds is 4. The predicted molar refractivity (Wildman–Crippen MR) is 117 cm³/mol. The van der Waals surface area contributed by atoms with Gasteiger partial charge in [-0.05, 0) is 55.4 Å². The van der Waals surface area contributed by atoms with Crippen molar-refractivity contribution in [1.82, 2.24) is 15.3 Å². The molecule has 2 aromatic heterocycles. The molecule has 1 aromatic carbocycles. The molecule has 0 radical (unpaired) electrons. The van der Waals surface area contributed by atoms with Gasteiger partial charge in [0.25, 0.3) is 5.91 Å². The number of fused-ring (bicyclic) bond motifs is 1. The standard InChI is InChI=1S/C25H27N3O/c1-17(22-9-4-5-14-26-22)28-24(29)20-15-19-7-6-8-21(23(19)27-16-20)18-10-12-25(2,3)13-11-18/h4-10,14-17H,11-13H2,1-3H3,(H,28,29). The molecule has 1 N–H and O–H groups in total. The fourth-order valence-electron chi connectivity index (χ4n) is 3.85. The largest absolute Gasteiger partial charge is 0.344 e. The molecule has 0 bridgehead atoms. The van der Waals surface area contributed by atoms with Crippen molar-refractivity contribution in [2.45, 2.75) is 46.1 Å². The first kappa shape index (κ1) is 19.3. The second-order valence-electron chi connectivity index (χ2n) is 8.65. The number of amides is 1. The molecule has 4 nitrogen and oxygen atoms in total. The lowest BCUT2D eigenvalue weighted by Crippen LogP contribution is -2.27. The highest BCUT2D eigenvalue weighted by atomic mass is 16.1. The monoisotopic (exact) mass is 385 g/mol. The van der Waals surface area contributed by atoms with E-state index in [1.165, 1.54) is 17.6 Å². The average Bonchev–Trinajstić information content (AvgIpc) is 2.73. The molecule has 1 amide bonds. The summed E-state index contributed by atoms with van der Waals surface area (Å²) in [6.45, 7) is 6.57. The van der Waals surface area contributed by atoms with Crippen LogP contribution < -0.4 is 5.32 Å². The van der Waals surface area contributed by atoms with Crippen molar-refractivity contribution in [3.05, 3.63) is 77.8 Å². The number of carbonyl (C=O) groups excluding carboxylic acids is 1. The lowest BCUT2D eigenvalue weighted by Gasteiger charge is -2.29. The van der Waals surface area contributed by atoms with Crippen molar-refractivity contribution in [2.24, 2.45) is 5.41 Å². The van der Waals surface area contributed by atoms with Crippen LogP contribution in [0.3, 0.4) is 0 Å². The Kier molecular flexibility index (Phi) is 5.18. The quantitative estimate of drug-likeness (QED) is 0.625. The van der Waals surface area contributed by atoms with E-state index in [-0.39, 0.29) is 11.9 Å². The maximum absolute atomic E-state index is 12.7. The number of nitrogens with zero attached hydrogens (tertiary/aromatic N) is 2. The molecule has 1 aliphatic rings. The number of carbonyl (C=O) groups is 1. The Morgan fingerprint density at radius 3 is 2.72 bits per heavy atom. The van der Waals surface area contributed by atoms with E-state index in [1.54, 1.807) is 12.4 Å². The number of hydrogen-bond acceptors (Lipinski definition) is 3. The lowest BCUT2D eigenvalue weighted by atomic mass is 9.77. The fourth-order valence-corrected chi connectivity index (χ4v) is 3.85. The molecule has 148 valence electrons. The van der Waals surface area contributed by atoms with Crippen LogP contribution in [0, 0.1) is 5.41 Å². The number of allylic oxidation sites excluding steroid dienone is 2. The van der Waals surface area contributed by atoms with Gasteiger partial charge in [0.2, 0.25) is 0 Å². The normalized spacial score (nSPS) is 16.9. The molecule has 0 spiro atoms. The Labute approximate surface area is 172 Å². The Balaban J connectivity index is 1.59. The molecular formula is C25H27N3O. The maximum atomic E-state index is 12.7. The zero-order valence-corrected chi connectivity index (χ0v) is 17.3. The summed E-state index contributed by atoms with van der Waals surface area (Å²) in [5.74, 6) is -0.137. The van der Waals surface area contributed by atoms with Crippen LogP contribution in [0.15, 0.2) is 60.9 Å². The van der Waals surface area contributed by atoms with Crippen molar-refractivity contribution in [3.8, 4) is 0 Å². The van der Waals surface area contributed by atoms with E-state index >= 15 is 0 Å². The molecule has 1 atom stereocenters. The molecule has 4 rings (SSSR count). The molecule has 3 aromatic rings. The van der Waals surface area contributed by atoms with Crippen LogP contribution in [0.25, 0.3) is 16.5 Å². The minimum atomic E-state index is -0.165. The Morgan fingerprint density at radius 2 is 2.00 bits per heavy atom. The van der Waals surface area contributed by atoms with Gasteiger partial charge in [0.15, 0.2) is 0 Å². The van der Waals surface area contributed by atoms with Crippen LogP contribution in [-0.2, 0) is 0 Å². The molecular weight excluding hydrogens is 358 g/mol. The Hall–Kier alpha value is -3.01. The van der Waals surface area contributed by atoms with Crippen molar-refractivity contribution < 1.29 is 4.79 Å². The van der Waals surface area contributed by atoms with Gasteiger partial charge >= 0.3 is 0 Å². The molecule has 2 heterocycles. The van der Waals surface area contributed by atoms with E-state index in [0.717, 1.165) is 29.4 Å². The SMILES string of the molecule is CC(NC(=O)c1cnc2c(C3=CCC(C)(C)CC3)cccc2c1)c1ccccn1. The predicted octanol–water partition coefficient (Wildman–Crippen LogP) is 5.71. The minimum absolute atomic E-state index is 0.137. The maximum Gasteiger partial charge on any atom is 0.253 e. The van der Waals surface area contributed by atoms with Gasteiger partial charge in [-0.25, -0.2) is 0 Å². The second kappa shape index (κ2) is 7.78. The molecule has 4 heteroatoms. The highest BCUT2D eigenvalue weighted by Gasteiger charge is 2.23. The first-order chi connectivity index (χ1) is 13.9. The van der Waals surface area contributed by atoms with Crippen molar-refractivity contribution in [1.29, 1.82) is 0 Å². The first-order valence-electron chi connectivity index (χ1n) is 10.2. The van der Waals surface area contributed by atoms with E-state index in [0.29, 0.717) is 11.0 Å². The third-order valence-electron chi connectivity index (χ3n) is 5.77.